The molecular weight excluding hydrogens is 459 g/mol. The van der Waals surface area contributed by atoms with Gasteiger partial charge >= 0.3 is 0 Å². The Bertz CT molecular complexity index is 1300. The van der Waals surface area contributed by atoms with E-state index < -0.39 is 0 Å². The monoisotopic (exact) mass is 488 g/mol. The second-order valence-corrected chi connectivity index (χ2v) is 10.2. The summed E-state index contributed by atoms with van der Waals surface area (Å²) >= 11 is 1.64. The van der Waals surface area contributed by atoms with Gasteiger partial charge in [0.2, 0.25) is 0 Å². The molecule has 0 bridgehead atoms. The first-order valence-electron chi connectivity index (χ1n) is 12.1. The van der Waals surface area contributed by atoms with E-state index in [0.29, 0.717) is 18.0 Å². The van der Waals surface area contributed by atoms with Gasteiger partial charge < -0.3 is 9.88 Å². The molecule has 0 radical (unpaired) electrons. The zero-order valence-corrected chi connectivity index (χ0v) is 20.6. The summed E-state index contributed by atoms with van der Waals surface area (Å²) in [6, 6.07) is 16.6. The molecule has 5 rings (SSSR count). The number of hydrogen-bond donors (Lipinski definition) is 1. The third kappa shape index (κ3) is 5.56. The van der Waals surface area contributed by atoms with Gasteiger partial charge in [0, 0.05) is 23.6 Å². The molecule has 2 atom stereocenters. The molecule has 0 unspecified atom stereocenters. The topological polar surface area (TPSA) is 59.8 Å². The largest absolute Gasteiger partial charge is 0.349 e. The number of thioether (sulfide) groups is 1. The van der Waals surface area contributed by atoms with Gasteiger partial charge in [-0.15, -0.1) is 0 Å². The van der Waals surface area contributed by atoms with Gasteiger partial charge in [0.1, 0.15) is 5.82 Å². The molecule has 7 heteroatoms. The Labute approximate surface area is 209 Å². The van der Waals surface area contributed by atoms with Crippen LogP contribution in [0, 0.1) is 11.7 Å². The summed E-state index contributed by atoms with van der Waals surface area (Å²) in [5, 5.41) is 4.10. The lowest BCUT2D eigenvalue weighted by molar-refractivity contribution is 0.0910. The maximum Gasteiger partial charge on any atom is 0.251 e. The second kappa shape index (κ2) is 10.6. The van der Waals surface area contributed by atoms with Gasteiger partial charge in [-0.05, 0) is 60.2 Å². The van der Waals surface area contributed by atoms with Crippen LogP contribution in [-0.2, 0) is 12.3 Å². The molecule has 1 amide bonds. The number of nitrogens with zero attached hydrogens (tertiary/aromatic N) is 3. The number of halogens is 1. The van der Waals surface area contributed by atoms with Gasteiger partial charge in [0.15, 0.2) is 5.16 Å². The van der Waals surface area contributed by atoms with Crippen molar-refractivity contribution >= 4 is 28.7 Å². The van der Waals surface area contributed by atoms with E-state index in [1.807, 2.05) is 36.5 Å². The number of imidazole rings is 1. The molecule has 0 spiro atoms. The van der Waals surface area contributed by atoms with Gasteiger partial charge in [-0.3, -0.25) is 9.78 Å². The van der Waals surface area contributed by atoms with Crippen LogP contribution in [0.5, 0.6) is 0 Å². The molecule has 0 aliphatic heterocycles. The number of fused-ring (bicyclic) bond motifs is 1. The molecule has 4 aromatic rings. The molecule has 5 nitrogen and oxygen atoms in total. The quantitative estimate of drug-likeness (QED) is 0.314. The Morgan fingerprint density at radius 3 is 2.57 bits per heavy atom. The minimum Gasteiger partial charge on any atom is -0.349 e. The maximum atomic E-state index is 13.4. The molecule has 0 saturated heterocycles. The molecule has 35 heavy (non-hydrogen) atoms. The summed E-state index contributed by atoms with van der Waals surface area (Å²) in [5.41, 5.74) is 4.65. The molecule has 1 N–H and O–H groups in total. The second-order valence-electron chi connectivity index (χ2n) is 9.30. The van der Waals surface area contributed by atoms with E-state index in [1.165, 1.54) is 31.4 Å². The fourth-order valence-corrected chi connectivity index (χ4v) is 5.64. The first-order chi connectivity index (χ1) is 17.1. The van der Waals surface area contributed by atoms with Crippen LogP contribution in [0.3, 0.4) is 0 Å². The zero-order chi connectivity index (χ0) is 24.2. The van der Waals surface area contributed by atoms with E-state index in [2.05, 4.69) is 21.8 Å². The highest BCUT2D eigenvalue weighted by molar-refractivity contribution is 7.98. The van der Waals surface area contributed by atoms with Crippen LogP contribution in [0.25, 0.3) is 11.0 Å². The van der Waals surface area contributed by atoms with Crippen molar-refractivity contribution in [2.75, 3.05) is 0 Å². The van der Waals surface area contributed by atoms with Crippen molar-refractivity contribution in [3.05, 3.63) is 89.5 Å². The first-order valence-corrected chi connectivity index (χ1v) is 13.1. The predicted octanol–water partition coefficient (Wildman–Crippen LogP) is 6.22. The van der Waals surface area contributed by atoms with E-state index in [0.717, 1.165) is 39.5 Å². The Morgan fingerprint density at radius 1 is 1.06 bits per heavy atom. The minimum atomic E-state index is -0.245. The SMILES string of the molecule is C[C@@H]1CCCC[C@@H]1NC(=O)c1ccc(CSc2nc3ccncc3n2Cc2ccc(F)cc2)cc1. The van der Waals surface area contributed by atoms with Gasteiger partial charge in [-0.25, -0.2) is 9.37 Å². The Kier molecular flexibility index (Phi) is 7.13. The lowest BCUT2D eigenvalue weighted by Crippen LogP contribution is -2.41. The molecule has 180 valence electrons. The van der Waals surface area contributed by atoms with E-state index in [9.17, 15) is 9.18 Å². The Hall–Kier alpha value is -3.19. The summed E-state index contributed by atoms with van der Waals surface area (Å²) < 4.78 is 15.5. The number of rotatable bonds is 7. The van der Waals surface area contributed by atoms with E-state index in [1.54, 1.807) is 30.1 Å². The number of pyridine rings is 1. The van der Waals surface area contributed by atoms with Crippen LogP contribution < -0.4 is 5.32 Å². The minimum absolute atomic E-state index is 0.0107. The van der Waals surface area contributed by atoms with Crippen molar-refractivity contribution in [3.8, 4) is 0 Å². The summed E-state index contributed by atoms with van der Waals surface area (Å²) in [6.07, 6.45) is 8.25. The van der Waals surface area contributed by atoms with Crippen molar-refractivity contribution in [3.63, 3.8) is 0 Å². The fourth-order valence-electron chi connectivity index (χ4n) is 4.67. The Balaban J connectivity index is 1.27. The number of hydrogen-bond acceptors (Lipinski definition) is 4. The molecule has 1 aliphatic carbocycles. The highest BCUT2D eigenvalue weighted by Gasteiger charge is 2.23. The van der Waals surface area contributed by atoms with Gasteiger partial charge in [0.25, 0.3) is 5.91 Å². The van der Waals surface area contributed by atoms with E-state index in [4.69, 9.17) is 4.98 Å². The number of aromatic nitrogens is 3. The van der Waals surface area contributed by atoms with Crippen LogP contribution >= 0.6 is 11.8 Å². The molecular formula is C28H29FN4OS. The molecule has 1 saturated carbocycles. The van der Waals surface area contributed by atoms with Crippen LogP contribution in [0.4, 0.5) is 4.39 Å². The maximum absolute atomic E-state index is 13.4. The number of amides is 1. The van der Waals surface area contributed by atoms with Crippen LogP contribution in [-0.4, -0.2) is 26.5 Å². The third-order valence-electron chi connectivity index (χ3n) is 6.78. The summed E-state index contributed by atoms with van der Waals surface area (Å²) in [6.45, 7) is 2.81. The Morgan fingerprint density at radius 2 is 1.80 bits per heavy atom. The third-order valence-corrected chi connectivity index (χ3v) is 7.83. The average molecular weight is 489 g/mol. The molecule has 1 fully saturated rings. The predicted molar refractivity (Wildman–Crippen MR) is 138 cm³/mol. The van der Waals surface area contributed by atoms with Crippen molar-refractivity contribution < 1.29 is 9.18 Å². The normalized spacial score (nSPS) is 18.0. The molecule has 1 aliphatic rings. The van der Waals surface area contributed by atoms with Crippen LogP contribution in [0.15, 0.2) is 72.1 Å². The number of nitrogens with one attached hydrogen (secondary N) is 1. The smallest absolute Gasteiger partial charge is 0.251 e. The van der Waals surface area contributed by atoms with Crippen LogP contribution in [0.1, 0.15) is 54.1 Å². The highest BCUT2D eigenvalue weighted by atomic mass is 32.2. The van der Waals surface area contributed by atoms with Crippen molar-refractivity contribution in [2.45, 2.75) is 56.1 Å². The standard InChI is InChI=1S/C28H29FN4OS/c1-19-4-2-3-5-24(19)31-27(34)22-10-6-21(7-11-22)18-35-28-32-25-14-15-30-16-26(25)33(28)17-20-8-12-23(29)13-9-20/h6-16,19,24H,2-5,17-18H2,1H3,(H,31,34)/t19-,24+/m1/s1. The summed E-state index contributed by atoms with van der Waals surface area (Å²) in [7, 11) is 0. The van der Waals surface area contributed by atoms with Crippen molar-refractivity contribution in [2.24, 2.45) is 5.92 Å². The number of carbonyl (C=O) groups excluding carboxylic acids is 1. The van der Waals surface area contributed by atoms with E-state index in [-0.39, 0.29) is 17.8 Å². The number of carbonyl (C=O) groups is 1. The zero-order valence-electron chi connectivity index (χ0n) is 19.8. The van der Waals surface area contributed by atoms with Crippen LogP contribution in [0.2, 0.25) is 0 Å². The van der Waals surface area contributed by atoms with E-state index >= 15 is 0 Å². The van der Waals surface area contributed by atoms with Gasteiger partial charge in [-0.2, -0.15) is 0 Å². The lowest BCUT2D eigenvalue weighted by Gasteiger charge is -2.29. The molecule has 2 aromatic carbocycles. The number of benzene rings is 2. The first kappa shape index (κ1) is 23.5. The van der Waals surface area contributed by atoms with Crippen molar-refractivity contribution in [1.29, 1.82) is 0 Å². The lowest BCUT2D eigenvalue weighted by atomic mass is 9.86. The summed E-state index contributed by atoms with van der Waals surface area (Å²) in [5.74, 6) is 1.03. The molecule has 2 heterocycles. The van der Waals surface area contributed by atoms with Gasteiger partial charge in [0.05, 0.1) is 23.8 Å². The summed E-state index contributed by atoms with van der Waals surface area (Å²) in [4.78, 5) is 21.8. The average Bonchev–Trinajstić information content (AvgIpc) is 3.23. The van der Waals surface area contributed by atoms with Crippen molar-refractivity contribution in [1.82, 2.24) is 19.9 Å². The fraction of sp³-hybridized carbons (Fsp3) is 0.321. The molecule has 2 aromatic heterocycles. The van der Waals surface area contributed by atoms with Gasteiger partial charge in [-0.1, -0.05) is 55.8 Å². The highest BCUT2D eigenvalue weighted by Crippen LogP contribution is 2.28.